The first-order valence-corrected chi connectivity index (χ1v) is 24.9. The normalized spacial score (nSPS) is 14.9. The van der Waals surface area contributed by atoms with Crippen LogP contribution < -0.4 is 5.32 Å². The SMILES string of the molecule is CCCCCCCCC(CCCCCC)COC(=O)CCSCCC(C(=O)NC1CCN(C)CC1)C(=O)OC(CCCCCCCC)CCCCCCCC. The molecule has 0 aromatic carbocycles. The largest absolute Gasteiger partial charge is 0.465 e. The second-order valence-corrected chi connectivity index (χ2v) is 18.1. The number of carbonyl (C=O) groups excluding carboxylic acids is 3. The first kappa shape index (κ1) is 51.7. The zero-order chi connectivity index (χ0) is 40.2. The second kappa shape index (κ2) is 37.0. The van der Waals surface area contributed by atoms with Crippen LogP contribution in [0.1, 0.15) is 220 Å². The van der Waals surface area contributed by atoms with Gasteiger partial charge in [-0.15, -0.1) is 0 Å². The molecular formula is C47H90N2O5S. The van der Waals surface area contributed by atoms with Gasteiger partial charge in [0.2, 0.25) is 5.91 Å². The molecular weight excluding hydrogens is 705 g/mol. The van der Waals surface area contributed by atoms with Gasteiger partial charge in [-0.05, 0) is 89.6 Å². The number of piperidine rings is 1. The van der Waals surface area contributed by atoms with E-state index in [2.05, 4.69) is 45.0 Å². The number of thioether (sulfide) groups is 1. The van der Waals surface area contributed by atoms with E-state index < -0.39 is 5.92 Å². The van der Waals surface area contributed by atoms with Crippen molar-refractivity contribution in [1.82, 2.24) is 10.2 Å². The summed E-state index contributed by atoms with van der Waals surface area (Å²) < 4.78 is 12.1. The highest BCUT2D eigenvalue weighted by Crippen LogP contribution is 2.23. The Kier molecular flexibility index (Phi) is 34.8. The fraction of sp³-hybridized carbons (Fsp3) is 0.936. The highest BCUT2D eigenvalue weighted by molar-refractivity contribution is 7.99. The number of hydrogen-bond donors (Lipinski definition) is 1. The van der Waals surface area contributed by atoms with Crippen LogP contribution in [0.25, 0.3) is 0 Å². The van der Waals surface area contributed by atoms with Gasteiger partial charge in [0.05, 0.1) is 13.0 Å². The summed E-state index contributed by atoms with van der Waals surface area (Å²) in [5.41, 5.74) is 0. The van der Waals surface area contributed by atoms with Crippen molar-refractivity contribution in [3.8, 4) is 0 Å². The maximum absolute atomic E-state index is 13.8. The Morgan fingerprint density at radius 1 is 0.618 bits per heavy atom. The van der Waals surface area contributed by atoms with Crippen molar-refractivity contribution in [3.63, 3.8) is 0 Å². The fourth-order valence-corrected chi connectivity index (χ4v) is 8.67. The van der Waals surface area contributed by atoms with E-state index in [1.165, 1.54) is 128 Å². The smallest absolute Gasteiger partial charge is 0.318 e. The molecule has 1 N–H and O–H groups in total. The maximum atomic E-state index is 13.8. The molecule has 55 heavy (non-hydrogen) atoms. The number of nitrogens with zero attached hydrogens (tertiary/aromatic N) is 1. The molecule has 0 aromatic rings. The van der Waals surface area contributed by atoms with E-state index in [1.54, 1.807) is 11.8 Å². The zero-order valence-electron chi connectivity index (χ0n) is 37.0. The van der Waals surface area contributed by atoms with E-state index in [1.807, 2.05) is 0 Å². The molecule has 0 saturated carbocycles. The van der Waals surface area contributed by atoms with Crippen LogP contribution in [0, 0.1) is 11.8 Å². The third-order valence-electron chi connectivity index (χ3n) is 11.6. The molecule has 324 valence electrons. The van der Waals surface area contributed by atoms with Gasteiger partial charge < -0.3 is 19.7 Å². The minimum atomic E-state index is -0.814. The van der Waals surface area contributed by atoms with Gasteiger partial charge in [0, 0.05) is 11.8 Å². The summed E-state index contributed by atoms with van der Waals surface area (Å²) in [5, 5.41) is 3.22. The van der Waals surface area contributed by atoms with Gasteiger partial charge in [-0.1, -0.05) is 156 Å². The van der Waals surface area contributed by atoms with E-state index in [-0.39, 0.29) is 30.0 Å². The first-order valence-electron chi connectivity index (χ1n) is 23.8. The molecule has 1 aliphatic rings. The maximum Gasteiger partial charge on any atom is 0.318 e. The van der Waals surface area contributed by atoms with E-state index in [0.717, 1.165) is 64.5 Å². The van der Waals surface area contributed by atoms with Crippen LogP contribution in [0.15, 0.2) is 0 Å². The van der Waals surface area contributed by atoms with Crippen LogP contribution >= 0.6 is 11.8 Å². The van der Waals surface area contributed by atoms with Crippen LogP contribution in [-0.2, 0) is 23.9 Å². The summed E-state index contributed by atoms with van der Waals surface area (Å²) in [4.78, 5) is 42.6. The Morgan fingerprint density at radius 2 is 1.07 bits per heavy atom. The van der Waals surface area contributed by atoms with E-state index >= 15 is 0 Å². The third-order valence-corrected chi connectivity index (χ3v) is 12.6. The summed E-state index contributed by atoms with van der Waals surface area (Å²) >= 11 is 1.64. The van der Waals surface area contributed by atoms with Gasteiger partial charge in [0.25, 0.3) is 0 Å². The topological polar surface area (TPSA) is 84.9 Å². The third kappa shape index (κ3) is 29.6. The van der Waals surface area contributed by atoms with E-state index in [9.17, 15) is 14.4 Å². The molecule has 1 saturated heterocycles. The number of ether oxygens (including phenoxy) is 2. The monoisotopic (exact) mass is 795 g/mol. The van der Waals surface area contributed by atoms with Gasteiger partial charge >= 0.3 is 11.9 Å². The van der Waals surface area contributed by atoms with Crippen LogP contribution in [-0.4, -0.2) is 73.1 Å². The molecule has 1 heterocycles. The molecule has 8 heteroatoms. The van der Waals surface area contributed by atoms with Crippen molar-refractivity contribution in [3.05, 3.63) is 0 Å². The minimum absolute atomic E-state index is 0.0972. The van der Waals surface area contributed by atoms with Gasteiger partial charge in [-0.3, -0.25) is 14.4 Å². The van der Waals surface area contributed by atoms with E-state index in [0.29, 0.717) is 36.9 Å². The summed E-state index contributed by atoms with van der Waals surface area (Å²) in [7, 11) is 2.11. The molecule has 0 spiro atoms. The van der Waals surface area contributed by atoms with Crippen LogP contribution in [0.5, 0.6) is 0 Å². The van der Waals surface area contributed by atoms with Crippen LogP contribution in [0.3, 0.4) is 0 Å². The van der Waals surface area contributed by atoms with Crippen LogP contribution in [0.2, 0.25) is 0 Å². The Hall–Kier alpha value is -1.28. The predicted octanol–water partition coefficient (Wildman–Crippen LogP) is 12.6. The lowest BCUT2D eigenvalue weighted by molar-refractivity contribution is -0.158. The number of nitrogens with one attached hydrogen (secondary N) is 1. The molecule has 0 bridgehead atoms. The number of rotatable bonds is 38. The number of hydrogen-bond acceptors (Lipinski definition) is 7. The molecule has 1 amide bonds. The quantitative estimate of drug-likeness (QED) is 0.0378. The van der Waals surface area contributed by atoms with Gasteiger partial charge in [-0.25, -0.2) is 0 Å². The molecule has 1 rings (SSSR count). The first-order chi connectivity index (χ1) is 26.8. The van der Waals surface area contributed by atoms with Crippen molar-refractivity contribution >= 4 is 29.6 Å². The van der Waals surface area contributed by atoms with Crippen molar-refractivity contribution in [2.24, 2.45) is 11.8 Å². The standard InChI is InChI=1S/C47H90N2O5S/c1-6-10-14-18-21-25-29-41(28-24-17-13-9-4)40-53-45(50)35-39-55-38-34-44(46(51)48-42-32-36-49(5)37-33-42)47(52)54-43(30-26-22-19-15-11-7-2)31-27-23-20-16-12-8-3/h41-44H,6-40H2,1-5H3,(H,48,51). The lowest BCUT2D eigenvalue weighted by Crippen LogP contribution is -2.47. The summed E-state index contributed by atoms with van der Waals surface area (Å²) in [6.07, 6.45) is 33.8. The zero-order valence-corrected chi connectivity index (χ0v) is 37.8. The number of carbonyl (C=O) groups is 3. The molecule has 7 nitrogen and oxygen atoms in total. The highest BCUT2D eigenvalue weighted by atomic mass is 32.2. The van der Waals surface area contributed by atoms with Gasteiger partial charge in [0.15, 0.2) is 0 Å². The van der Waals surface area contributed by atoms with E-state index in [4.69, 9.17) is 9.47 Å². The highest BCUT2D eigenvalue weighted by Gasteiger charge is 2.32. The number of esters is 2. The molecule has 1 aliphatic heterocycles. The second-order valence-electron chi connectivity index (χ2n) is 16.9. The summed E-state index contributed by atoms with van der Waals surface area (Å²) in [5.74, 6) is 0.235. The Balaban J connectivity index is 2.71. The average molecular weight is 795 g/mol. The average Bonchev–Trinajstić information content (AvgIpc) is 3.18. The molecule has 2 unspecified atom stereocenters. The Bertz CT molecular complexity index is 896. The minimum Gasteiger partial charge on any atom is -0.465 e. The van der Waals surface area contributed by atoms with Gasteiger partial charge in [0.1, 0.15) is 12.0 Å². The van der Waals surface area contributed by atoms with Gasteiger partial charge in [-0.2, -0.15) is 11.8 Å². The number of likely N-dealkylation sites (tertiary alicyclic amines) is 1. The molecule has 0 aromatic heterocycles. The van der Waals surface area contributed by atoms with Crippen molar-refractivity contribution in [2.75, 3.05) is 38.2 Å². The van der Waals surface area contributed by atoms with Crippen molar-refractivity contribution in [2.45, 2.75) is 232 Å². The Labute approximate surface area is 345 Å². The Morgan fingerprint density at radius 3 is 1.58 bits per heavy atom. The molecule has 1 fully saturated rings. The summed E-state index contributed by atoms with van der Waals surface area (Å²) in [6.45, 7) is 11.4. The number of unbranched alkanes of at least 4 members (excludes halogenated alkanes) is 18. The summed E-state index contributed by atoms with van der Waals surface area (Å²) in [6, 6.07) is 0.0972. The predicted molar refractivity (Wildman–Crippen MR) is 236 cm³/mol. The molecule has 0 radical (unpaired) electrons. The number of amides is 1. The lowest BCUT2D eigenvalue weighted by atomic mass is 9.95. The van der Waals surface area contributed by atoms with Crippen molar-refractivity contribution < 1.29 is 23.9 Å². The van der Waals surface area contributed by atoms with Crippen molar-refractivity contribution in [1.29, 1.82) is 0 Å². The van der Waals surface area contributed by atoms with Crippen LogP contribution in [0.4, 0.5) is 0 Å². The molecule has 0 aliphatic carbocycles. The fourth-order valence-electron chi connectivity index (χ4n) is 7.75. The lowest BCUT2D eigenvalue weighted by Gasteiger charge is -2.30. The molecule has 2 atom stereocenters.